The standard InChI is InChI=1S/C29H31ClF2N6O3SSi/c1-18-13-34-29(38(18)17-41-10-11-43(3,4)5)28-24-9-6-20(15-37(24)16-35-28)26-22(31)7-8-23(27(26)32)36-42(39,40)25-12-21(30)14-33-19(25)2/h6-9,12-16,36H,10-11,17H2,1-5H3. The van der Waals surface area contributed by atoms with Gasteiger partial charge in [0, 0.05) is 44.5 Å². The summed E-state index contributed by atoms with van der Waals surface area (Å²) in [6, 6.07) is 7.53. The molecule has 0 aliphatic carbocycles. The average Bonchev–Trinajstić information content (AvgIpc) is 3.51. The topological polar surface area (TPSA) is 103 Å². The molecule has 0 bridgehead atoms. The van der Waals surface area contributed by atoms with Crippen molar-refractivity contribution in [1.82, 2.24) is 23.9 Å². The Hall–Kier alpha value is -3.65. The van der Waals surface area contributed by atoms with Crippen LogP contribution < -0.4 is 4.72 Å². The van der Waals surface area contributed by atoms with E-state index in [-0.39, 0.29) is 21.2 Å². The maximum absolute atomic E-state index is 15.7. The van der Waals surface area contributed by atoms with Gasteiger partial charge in [-0.3, -0.25) is 9.71 Å². The van der Waals surface area contributed by atoms with Crippen LogP contribution in [0.25, 0.3) is 28.2 Å². The van der Waals surface area contributed by atoms with E-state index in [1.165, 1.54) is 31.7 Å². The number of pyridine rings is 2. The molecule has 0 amide bonds. The Labute approximate surface area is 254 Å². The van der Waals surface area contributed by atoms with Crippen LogP contribution in [-0.4, -0.2) is 47.0 Å². The number of hydrogen-bond acceptors (Lipinski definition) is 6. The number of nitrogens with one attached hydrogen (secondary N) is 1. The number of imidazole rings is 2. The molecule has 0 unspecified atom stereocenters. The van der Waals surface area contributed by atoms with Gasteiger partial charge in [-0.15, -0.1) is 0 Å². The number of anilines is 1. The maximum Gasteiger partial charge on any atom is 0.263 e. The number of sulfonamides is 1. The third-order valence-corrected chi connectivity index (χ3v) is 10.3. The number of halogens is 3. The van der Waals surface area contributed by atoms with Crippen molar-refractivity contribution >= 4 is 40.9 Å². The van der Waals surface area contributed by atoms with E-state index in [1.807, 2.05) is 11.5 Å². The minimum Gasteiger partial charge on any atom is -0.361 e. The molecular weight excluding hydrogens is 614 g/mol. The lowest BCUT2D eigenvalue weighted by molar-refractivity contribution is 0.0870. The van der Waals surface area contributed by atoms with Gasteiger partial charge in [-0.1, -0.05) is 37.3 Å². The summed E-state index contributed by atoms with van der Waals surface area (Å²) < 4.78 is 68.6. The van der Waals surface area contributed by atoms with E-state index in [4.69, 9.17) is 16.3 Å². The van der Waals surface area contributed by atoms with Gasteiger partial charge in [0.05, 0.1) is 27.5 Å². The fourth-order valence-corrected chi connectivity index (χ4v) is 6.78. The summed E-state index contributed by atoms with van der Waals surface area (Å²) in [6.07, 6.45) is 6.12. The summed E-state index contributed by atoms with van der Waals surface area (Å²) in [5, 5.41) is 0.103. The van der Waals surface area contributed by atoms with Gasteiger partial charge in [-0.2, -0.15) is 0 Å². The zero-order chi connectivity index (χ0) is 31.1. The Morgan fingerprint density at radius 2 is 1.81 bits per heavy atom. The van der Waals surface area contributed by atoms with E-state index in [1.54, 1.807) is 22.7 Å². The molecule has 0 atom stereocenters. The largest absolute Gasteiger partial charge is 0.361 e. The van der Waals surface area contributed by atoms with Crippen LogP contribution in [0.3, 0.4) is 0 Å². The van der Waals surface area contributed by atoms with Crippen molar-refractivity contribution in [1.29, 1.82) is 0 Å². The molecule has 0 saturated heterocycles. The van der Waals surface area contributed by atoms with Crippen molar-refractivity contribution in [2.45, 2.75) is 51.2 Å². The predicted octanol–water partition coefficient (Wildman–Crippen LogP) is 6.92. The molecule has 14 heteroatoms. The molecule has 5 rings (SSSR count). The minimum absolute atomic E-state index is 0.103. The van der Waals surface area contributed by atoms with Gasteiger partial charge in [-0.25, -0.2) is 27.2 Å². The number of fused-ring (bicyclic) bond motifs is 1. The number of benzene rings is 1. The first-order chi connectivity index (χ1) is 20.2. The van der Waals surface area contributed by atoms with Crippen molar-refractivity contribution in [3.63, 3.8) is 0 Å². The normalized spacial score (nSPS) is 12.3. The Bertz CT molecular complexity index is 1940. The lowest BCUT2D eigenvalue weighted by Crippen LogP contribution is -2.22. The van der Waals surface area contributed by atoms with E-state index in [9.17, 15) is 8.42 Å². The predicted molar refractivity (Wildman–Crippen MR) is 165 cm³/mol. The van der Waals surface area contributed by atoms with E-state index in [0.717, 1.165) is 23.9 Å². The molecule has 4 heterocycles. The number of ether oxygens (including phenoxy) is 1. The summed E-state index contributed by atoms with van der Waals surface area (Å²) >= 11 is 5.93. The van der Waals surface area contributed by atoms with E-state index in [2.05, 4.69) is 39.3 Å². The zero-order valence-corrected chi connectivity index (χ0v) is 26.9. The van der Waals surface area contributed by atoms with Gasteiger partial charge in [0.2, 0.25) is 0 Å². The first-order valence-corrected chi connectivity index (χ1v) is 19.0. The highest BCUT2D eigenvalue weighted by Crippen LogP contribution is 2.34. The quantitative estimate of drug-likeness (QED) is 0.131. The highest BCUT2D eigenvalue weighted by molar-refractivity contribution is 7.92. The third kappa shape index (κ3) is 6.49. The molecule has 0 fully saturated rings. The molecule has 5 aromatic rings. The Kier molecular flexibility index (Phi) is 8.44. The monoisotopic (exact) mass is 644 g/mol. The van der Waals surface area contributed by atoms with Crippen LogP contribution in [0.2, 0.25) is 30.7 Å². The molecule has 0 aliphatic rings. The Balaban J connectivity index is 1.46. The third-order valence-electron chi connectivity index (χ3n) is 6.94. The molecule has 4 aromatic heterocycles. The lowest BCUT2D eigenvalue weighted by Gasteiger charge is -2.16. The number of rotatable bonds is 10. The van der Waals surface area contributed by atoms with Crippen molar-refractivity contribution < 1.29 is 21.9 Å². The number of aromatic nitrogens is 5. The highest BCUT2D eigenvalue weighted by atomic mass is 35.5. The second-order valence-corrected chi connectivity index (χ2v) is 19.1. The summed E-state index contributed by atoms with van der Waals surface area (Å²) in [5.74, 6) is -1.32. The second-order valence-electron chi connectivity index (χ2n) is 11.4. The maximum atomic E-state index is 15.7. The molecule has 0 saturated carbocycles. The van der Waals surface area contributed by atoms with Crippen molar-refractivity contribution in [3.05, 3.63) is 83.3 Å². The molecule has 0 radical (unpaired) electrons. The molecule has 0 aliphatic heterocycles. The lowest BCUT2D eigenvalue weighted by atomic mass is 10.0. The van der Waals surface area contributed by atoms with Crippen molar-refractivity contribution in [2.75, 3.05) is 11.3 Å². The van der Waals surface area contributed by atoms with Gasteiger partial charge in [0.25, 0.3) is 10.0 Å². The van der Waals surface area contributed by atoms with Crippen LogP contribution in [0.5, 0.6) is 0 Å². The highest BCUT2D eigenvalue weighted by Gasteiger charge is 2.24. The van der Waals surface area contributed by atoms with E-state index >= 15 is 8.78 Å². The SMILES string of the molecule is Cc1ncc(Cl)cc1S(=O)(=O)Nc1ccc(F)c(-c2ccc3c(-c4ncc(C)n4COCC[Si](C)(C)C)ncn3c2)c1F. The van der Waals surface area contributed by atoms with Gasteiger partial charge < -0.3 is 13.7 Å². The van der Waals surface area contributed by atoms with Gasteiger partial charge >= 0.3 is 0 Å². The number of aryl methyl sites for hydroxylation is 2. The van der Waals surface area contributed by atoms with Crippen molar-refractivity contribution in [3.8, 4) is 22.6 Å². The molecule has 1 N–H and O–H groups in total. The molecule has 1 aromatic carbocycles. The molecule has 226 valence electrons. The van der Waals surface area contributed by atoms with Crippen molar-refractivity contribution in [2.24, 2.45) is 0 Å². The number of hydrogen-bond donors (Lipinski definition) is 1. The van der Waals surface area contributed by atoms with Gasteiger partial charge in [0.15, 0.2) is 11.6 Å². The summed E-state index contributed by atoms with van der Waals surface area (Å²) in [5.41, 5.74) is 1.70. The summed E-state index contributed by atoms with van der Waals surface area (Å²) in [7, 11) is -5.51. The molecule has 9 nitrogen and oxygen atoms in total. The number of nitrogens with zero attached hydrogens (tertiary/aromatic N) is 5. The minimum atomic E-state index is -4.27. The van der Waals surface area contributed by atoms with Crippen LogP contribution in [0, 0.1) is 25.5 Å². The zero-order valence-electron chi connectivity index (χ0n) is 24.3. The molecular formula is C29H31ClF2N6O3SSi. The van der Waals surface area contributed by atoms with Crippen LogP contribution in [-0.2, 0) is 21.5 Å². The fraction of sp³-hybridized carbons (Fsp3) is 0.276. The fourth-order valence-electron chi connectivity index (χ4n) is 4.52. The van der Waals surface area contributed by atoms with E-state index in [0.29, 0.717) is 30.4 Å². The summed E-state index contributed by atoms with van der Waals surface area (Å²) in [4.78, 5) is 12.8. The van der Waals surface area contributed by atoms with Crippen LogP contribution in [0.15, 0.2) is 60.1 Å². The molecule has 43 heavy (non-hydrogen) atoms. The van der Waals surface area contributed by atoms with Crippen LogP contribution in [0.1, 0.15) is 11.4 Å². The smallest absolute Gasteiger partial charge is 0.263 e. The first kappa shape index (κ1) is 30.8. The van der Waals surface area contributed by atoms with Crippen LogP contribution in [0.4, 0.5) is 14.5 Å². The molecule has 0 spiro atoms. The average molecular weight is 645 g/mol. The first-order valence-electron chi connectivity index (χ1n) is 13.5. The van der Waals surface area contributed by atoms with E-state index < -0.39 is 41.0 Å². The van der Waals surface area contributed by atoms with Crippen LogP contribution >= 0.6 is 11.6 Å². The Morgan fingerprint density at radius 3 is 2.56 bits per heavy atom. The van der Waals surface area contributed by atoms with Gasteiger partial charge in [0.1, 0.15) is 29.5 Å². The van der Waals surface area contributed by atoms with Gasteiger partial charge in [-0.05, 0) is 44.2 Å². The second kappa shape index (κ2) is 11.8. The Morgan fingerprint density at radius 1 is 1.05 bits per heavy atom. The summed E-state index contributed by atoms with van der Waals surface area (Å²) in [6.45, 7) is 11.3.